The molecule has 0 bridgehead atoms. The summed E-state index contributed by atoms with van der Waals surface area (Å²) in [6, 6.07) is 17.1. The molecule has 0 spiro atoms. The third-order valence-electron chi connectivity index (χ3n) is 5.30. The Bertz CT molecular complexity index is 869. The zero-order valence-corrected chi connectivity index (χ0v) is 17.5. The Labute approximate surface area is 169 Å². The zero-order valence-electron chi connectivity index (χ0n) is 17.5. The van der Waals surface area contributed by atoms with E-state index in [1.54, 1.807) is 0 Å². The first-order valence-corrected chi connectivity index (χ1v) is 11.0. The van der Waals surface area contributed by atoms with Crippen LogP contribution in [0, 0.1) is 0 Å². The van der Waals surface area contributed by atoms with Gasteiger partial charge in [0.05, 0.1) is 18.6 Å². The molecule has 0 N–H and O–H groups in total. The van der Waals surface area contributed by atoms with E-state index in [4.69, 9.17) is 9.47 Å². The van der Waals surface area contributed by atoms with Crippen LogP contribution in [0.25, 0.3) is 21.5 Å². The van der Waals surface area contributed by atoms with Crippen molar-refractivity contribution in [2.24, 2.45) is 0 Å². The van der Waals surface area contributed by atoms with Gasteiger partial charge in [-0.3, -0.25) is 0 Å². The van der Waals surface area contributed by atoms with Gasteiger partial charge in [0.2, 0.25) is 0 Å². The highest BCUT2D eigenvalue weighted by Crippen LogP contribution is 2.40. The lowest BCUT2D eigenvalue weighted by molar-refractivity contribution is 0.299. The van der Waals surface area contributed by atoms with E-state index in [2.05, 4.69) is 62.4 Å². The highest BCUT2D eigenvalue weighted by molar-refractivity contribution is 6.07. The minimum atomic E-state index is 0.758. The predicted molar refractivity (Wildman–Crippen MR) is 121 cm³/mol. The molecule has 0 aliphatic carbocycles. The van der Waals surface area contributed by atoms with Crippen LogP contribution >= 0.6 is 0 Å². The van der Waals surface area contributed by atoms with Crippen molar-refractivity contribution in [1.29, 1.82) is 0 Å². The second-order valence-corrected chi connectivity index (χ2v) is 7.60. The lowest BCUT2D eigenvalue weighted by Crippen LogP contribution is -2.02. The van der Waals surface area contributed by atoms with Crippen LogP contribution in [0.1, 0.15) is 65.2 Å². The fourth-order valence-electron chi connectivity index (χ4n) is 3.73. The molecular weight excluding hydrogens is 344 g/mol. The molecule has 150 valence electrons. The highest BCUT2D eigenvalue weighted by atomic mass is 16.5. The average Bonchev–Trinajstić information content (AvgIpc) is 2.72. The number of benzene rings is 3. The molecule has 0 amide bonds. The monoisotopic (exact) mass is 378 g/mol. The van der Waals surface area contributed by atoms with Gasteiger partial charge < -0.3 is 9.47 Å². The van der Waals surface area contributed by atoms with E-state index < -0.39 is 0 Å². The lowest BCUT2D eigenvalue weighted by atomic mass is 10.0. The first-order chi connectivity index (χ1) is 13.8. The molecule has 0 fully saturated rings. The van der Waals surface area contributed by atoms with Crippen molar-refractivity contribution in [3.8, 4) is 11.5 Å². The molecule has 0 aliphatic rings. The first kappa shape index (κ1) is 20.5. The van der Waals surface area contributed by atoms with Crippen molar-refractivity contribution in [1.82, 2.24) is 0 Å². The Morgan fingerprint density at radius 1 is 0.643 bits per heavy atom. The van der Waals surface area contributed by atoms with Crippen molar-refractivity contribution < 1.29 is 9.47 Å². The summed E-state index contributed by atoms with van der Waals surface area (Å²) < 4.78 is 12.6. The normalized spacial score (nSPS) is 11.2. The average molecular weight is 379 g/mol. The molecule has 0 aromatic heterocycles. The maximum atomic E-state index is 6.38. The molecule has 0 radical (unpaired) electrons. The molecule has 3 aromatic carbocycles. The van der Waals surface area contributed by atoms with Gasteiger partial charge in [0.1, 0.15) is 11.5 Å². The van der Waals surface area contributed by atoms with Crippen molar-refractivity contribution in [2.75, 3.05) is 13.2 Å². The molecule has 2 nitrogen and oxygen atoms in total. The van der Waals surface area contributed by atoms with E-state index >= 15 is 0 Å². The van der Waals surface area contributed by atoms with Gasteiger partial charge in [0.25, 0.3) is 0 Å². The van der Waals surface area contributed by atoms with Crippen LogP contribution in [-0.4, -0.2) is 13.2 Å². The van der Waals surface area contributed by atoms with Crippen LogP contribution in [0.5, 0.6) is 11.5 Å². The molecule has 0 saturated carbocycles. The Morgan fingerprint density at radius 3 is 2.07 bits per heavy atom. The van der Waals surface area contributed by atoms with Crippen molar-refractivity contribution in [3.63, 3.8) is 0 Å². The minimum Gasteiger partial charge on any atom is -0.493 e. The number of ether oxygens (including phenoxy) is 2. The third kappa shape index (κ3) is 5.19. The van der Waals surface area contributed by atoms with E-state index in [-0.39, 0.29) is 0 Å². The molecule has 3 aromatic rings. The van der Waals surface area contributed by atoms with Crippen molar-refractivity contribution in [3.05, 3.63) is 48.5 Å². The van der Waals surface area contributed by atoms with E-state index in [0.717, 1.165) is 42.9 Å². The van der Waals surface area contributed by atoms with Crippen LogP contribution in [0.3, 0.4) is 0 Å². The minimum absolute atomic E-state index is 0.758. The maximum Gasteiger partial charge on any atom is 0.138 e. The molecule has 28 heavy (non-hydrogen) atoms. The number of unbranched alkanes of at least 4 members (excludes halogenated alkanes) is 6. The smallest absolute Gasteiger partial charge is 0.138 e. The highest BCUT2D eigenvalue weighted by Gasteiger charge is 2.13. The second kappa shape index (κ2) is 10.9. The van der Waals surface area contributed by atoms with Gasteiger partial charge in [0.15, 0.2) is 0 Å². The molecule has 0 saturated heterocycles. The van der Waals surface area contributed by atoms with Crippen molar-refractivity contribution in [2.45, 2.75) is 65.2 Å². The number of rotatable bonds is 12. The fraction of sp³-hybridized carbons (Fsp3) is 0.462. The molecule has 0 atom stereocenters. The van der Waals surface area contributed by atoms with Gasteiger partial charge in [-0.25, -0.2) is 0 Å². The Balaban J connectivity index is 1.89. The van der Waals surface area contributed by atoms with E-state index in [0.29, 0.717) is 0 Å². The topological polar surface area (TPSA) is 18.5 Å². The van der Waals surface area contributed by atoms with E-state index in [1.165, 1.54) is 54.7 Å². The summed E-state index contributed by atoms with van der Waals surface area (Å²) in [5.41, 5.74) is 0. The van der Waals surface area contributed by atoms with Gasteiger partial charge in [-0.15, -0.1) is 0 Å². The van der Waals surface area contributed by atoms with E-state index in [1.807, 2.05) is 0 Å². The van der Waals surface area contributed by atoms with Crippen LogP contribution < -0.4 is 9.47 Å². The molecular formula is C26H34O2. The second-order valence-electron chi connectivity index (χ2n) is 7.60. The largest absolute Gasteiger partial charge is 0.493 e. The quantitative estimate of drug-likeness (QED) is 0.235. The van der Waals surface area contributed by atoms with Crippen LogP contribution in [0.2, 0.25) is 0 Å². The molecule has 2 heteroatoms. The molecule has 0 aliphatic heterocycles. The number of hydrogen-bond acceptors (Lipinski definition) is 2. The number of hydrogen-bond donors (Lipinski definition) is 0. The van der Waals surface area contributed by atoms with Gasteiger partial charge in [0, 0.05) is 5.39 Å². The summed E-state index contributed by atoms with van der Waals surface area (Å²) in [5.74, 6) is 1.93. The molecule has 0 unspecified atom stereocenters. The first-order valence-electron chi connectivity index (χ1n) is 11.0. The standard InChI is InChI=1S/C26H34O2/c1-3-5-7-11-18-27-24-17-13-15-22-20-21-14-9-10-16-23(21)26(25(22)24)28-19-12-8-6-4-2/h9-10,13-17,20H,3-8,11-12,18-19H2,1-2H3. The van der Waals surface area contributed by atoms with Crippen LogP contribution in [-0.2, 0) is 0 Å². The molecule has 3 rings (SSSR count). The summed E-state index contributed by atoms with van der Waals surface area (Å²) in [4.78, 5) is 0. The Hall–Kier alpha value is -2.22. The van der Waals surface area contributed by atoms with Crippen molar-refractivity contribution >= 4 is 21.5 Å². The fourth-order valence-corrected chi connectivity index (χ4v) is 3.73. The summed E-state index contributed by atoms with van der Waals surface area (Å²) >= 11 is 0. The SMILES string of the molecule is CCCCCCOc1cccc2cc3ccccc3c(OCCCCCC)c12. The lowest BCUT2D eigenvalue weighted by Gasteiger charge is -2.16. The maximum absolute atomic E-state index is 6.38. The summed E-state index contributed by atoms with van der Waals surface area (Å²) in [6.45, 7) is 6.00. The third-order valence-corrected chi connectivity index (χ3v) is 5.30. The Morgan fingerprint density at radius 2 is 1.32 bits per heavy atom. The summed E-state index contributed by atoms with van der Waals surface area (Å²) in [7, 11) is 0. The van der Waals surface area contributed by atoms with Gasteiger partial charge in [-0.05, 0) is 35.7 Å². The zero-order chi connectivity index (χ0) is 19.6. The van der Waals surface area contributed by atoms with Crippen LogP contribution in [0.15, 0.2) is 48.5 Å². The Kier molecular flexibility index (Phi) is 8.02. The summed E-state index contributed by atoms with van der Waals surface area (Å²) in [5, 5.41) is 4.70. The van der Waals surface area contributed by atoms with E-state index in [9.17, 15) is 0 Å². The van der Waals surface area contributed by atoms with Crippen LogP contribution in [0.4, 0.5) is 0 Å². The predicted octanol–water partition coefficient (Wildman–Crippen LogP) is 7.91. The molecule has 0 heterocycles. The van der Waals surface area contributed by atoms with Gasteiger partial charge in [-0.1, -0.05) is 88.8 Å². The summed E-state index contributed by atoms with van der Waals surface area (Å²) in [6.07, 6.45) is 9.68. The number of fused-ring (bicyclic) bond motifs is 2. The van der Waals surface area contributed by atoms with Gasteiger partial charge in [-0.2, -0.15) is 0 Å². The van der Waals surface area contributed by atoms with Gasteiger partial charge >= 0.3 is 0 Å².